The molecule has 0 saturated carbocycles. The van der Waals surface area contributed by atoms with Crippen LogP contribution in [0.1, 0.15) is 0 Å². The topological polar surface area (TPSA) is 47.1 Å². The molecule has 0 saturated heterocycles. The maximum Gasteiger partial charge on any atom is 0.341 e. The molecule has 2 aromatic carbocycles. The van der Waals surface area contributed by atoms with Crippen molar-refractivity contribution in [1.82, 2.24) is 9.80 Å². The second-order valence-electron chi connectivity index (χ2n) is 5.49. The highest BCUT2D eigenvalue weighted by Gasteiger charge is 2.49. The zero-order chi connectivity index (χ0) is 16.8. The van der Waals surface area contributed by atoms with Crippen molar-refractivity contribution in [3.8, 4) is 0 Å². The van der Waals surface area contributed by atoms with Crippen molar-refractivity contribution < 1.29 is 9.59 Å². The van der Waals surface area contributed by atoms with Crippen LogP contribution < -0.4 is 8.61 Å². The maximum atomic E-state index is 12.8. The molecule has 0 atom stereocenters. The minimum atomic E-state index is -0.830. The lowest BCUT2D eigenvalue weighted by Gasteiger charge is -2.28. The van der Waals surface area contributed by atoms with Crippen molar-refractivity contribution >= 4 is 39.4 Å². The Morgan fingerprint density at radius 2 is 1.04 bits per heavy atom. The Labute approximate surface area is 142 Å². The van der Waals surface area contributed by atoms with Crippen LogP contribution in [0.15, 0.2) is 60.7 Å². The van der Waals surface area contributed by atoms with Crippen LogP contribution in [0, 0.1) is 0 Å². The van der Waals surface area contributed by atoms with Crippen molar-refractivity contribution in [3.05, 3.63) is 60.7 Å². The van der Waals surface area contributed by atoms with Crippen LogP contribution in [0.4, 0.5) is 21.0 Å². The maximum absolute atomic E-state index is 12.8. The molecular weight excluding hydrogens is 324 g/mol. The number of amides is 4. The summed E-state index contributed by atoms with van der Waals surface area (Å²) in [5, 5.41) is 0.692. The summed E-state index contributed by atoms with van der Waals surface area (Å²) in [6.07, 6.45) is 0. The van der Waals surface area contributed by atoms with E-state index in [0.717, 1.165) is 11.4 Å². The van der Waals surface area contributed by atoms with E-state index in [-0.39, 0.29) is 12.1 Å². The molecule has 0 aliphatic carbocycles. The molecule has 122 valence electrons. The van der Waals surface area contributed by atoms with E-state index in [1.165, 1.54) is 0 Å². The summed E-state index contributed by atoms with van der Waals surface area (Å²) < 4.78 is 3.37. The first-order valence-electron chi connectivity index (χ1n) is 7.48. The second kappa shape index (κ2) is 5.38. The summed E-state index contributed by atoms with van der Waals surface area (Å²) >= 11 is 0. The van der Waals surface area contributed by atoms with E-state index in [9.17, 15) is 9.59 Å². The molecule has 4 amide bonds. The number of anilines is 2. The fraction of sp³-hybridized carbons (Fsp3) is 0.118. The van der Waals surface area contributed by atoms with Gasteiger partial charge in [0.2, 0.25) is 0 Å². The van der Waals surface area contributed by atoms with Crippen LogP contribution >= 0.6 is 10.9 Å². The van der Waals surface area contributed by atoms with Gasteiger partial charge in [-0.25, -0.2) is 18.2 Å². The number of hydrogen-bond acceptors (Lipinski definition) is 2. The molecule has 24 heavy (non-hydrogen) atoms. The highest BCUT2D eigenvalue weighted by atomic mass is 32.2. The number of para-hydroxylation sites is 2. The number of urea groups is 2. The Balaban J connectivity index is 1.90. The first-order chi connectivity index (χ1) is 11.6. The van der Waals surface area contributed by atoms with Crippen LogP contribution in [0.25, 0.3) is 0 Å². The molecular formula is C17H16N4O2S. The van der Waals surface area contributed by atoms with Crippen molar-refractivity contribution in [3.63, 3.8) is 0 Å². The van der Waals surface area contributed by atoms with Crippen LogP contribution in [-0.4, -0.2) is 41.1 Å². The molecule has 2 aromatic rings. The Bertz CT molecular complexity index is 784. The molecule has 0 N–H and O–H groups in total. The predicted octanol–water partition coefficient (Wildman–Crippen LogP) is 3.32. The van der Waals surface area contributed by atoms with E-state index in [2.05, 4.69) is 0 Å². The SMILES string of the molecule is CN1C(=O)N(c2ccccc2)S2=C1N(C)C(=O)N2c1ccccc1. The first kappa shape index (κ1) is 14.8. The fourth-order valence-corrected chi connectivity index (χ4v) is 5.17. The molecule has 0 aromatic heterocycles. The molecule has 2 aliphatic heterocycles. The van der Waals surface area contributed by atoms with Gasteiger partial charge in [0, 0.05) is 14.1 Å². The van der Waals surface area contributed by atoms with E-state index < -0.39 is 10.9 Å². The smallest absolute Gasteiger partial charge is 0.274 e. The van der Waals surface area contributed by atoms with Gasteiger partial charge in [-0.3, -0.25) is 9.80 Å². The van der Waals surface area contributed by atoms with E-state index in [4.69, 9.17) is 0 Å². The third-order valence-corrected chi connectivity index (χ3v) is 6.29. The van der Waals surface area contributed by atoms with Gasteiger partial charge in [0.25, 0.3) is 0 Å². The fourth-order valence-electron chi connectivity index (χ4n) is 2.85. The number of rotatable bonds is 2. The molecule has 0 fully saturated rings. The van der Waals surface area contributed by atoms with Crippen molar-refractivity contribution in [2.24, 2.45) is 0 Å². The third kappa shape index (κ3) is 1.94. The van der Waals surface area contributed by atoms with Crippen LogP contribution in [0.5, 0.6) is 0 Å². The van der Waals surface area contributed by atoms with Gasteiger partial charge in [-0.2, -0.15) is 0 Å². The van der Waals surface area contributed by atoms with Crippen LogP contribution in [-0.2, 0) is 0 Å². The van der Waals surface area contributed by atoms with Gasteiger partial charge in [-0.1, -0.05) is 36.4 Å². The lowest BCUT2D eigenvalue weighted by Crippen LogP contribution is -2.45. The Morgan fingerprint density at radius 1 is 0.667 bits per heavy atom. The van der Waals surface area contributed by atoms with E-state index in [1.54, 1.807) is 32.5 Å². The zero-order valence-corrected chi connectivity index (χ0v) is 14.1. The van der Waals surface area contributed by atoms with Crippen LogP contribution in [0.2, 0.25) is 0 Å². The summed E-state index contributed by atoms with van der Waals surface area (Å²) in [6, 6.07) is 18.6. The molecule has 0 spiro atoms. The van der Waals surface area contributed by atoms with Crippen molar-refractivity contribution in [2.45, 2.75) is 0 Å². The summed E-state index contributed by atoms with van der Waals surface area (Å²) in [5.41, 5.74) is 1.55. The number of carbonyl (C=O) groups is 2. The van der Waals surface area contributed by atoms with Crippen LogP contribution in [0.3, 0.4) is 0 Å². The van der Waals surface area contributed by atoms with Gasteiger partial charge in [0.05, 0.1) is 22.2 Å². The second-order valence-corrected chi connectivity index (χ2v) is 7.11. The molecule has 4 rings (SSSR count). The average Bonchev–Trinajstić information content (AvgIpc) is 3.02. The minimum absolute atomic E-state index is 0.139. The summed E-state index contributed by atoms with van der Waals surface area (Å²) in [4.78, 5) is 28.7. The lowest BCUT2D eigenvalue weighted by atomic mass is 10.3. The highest BCUT2D eigenvalue weighted by molar-refractivity contribution is 8.20. The normalized spacial score (nSPS) is 18.0. The summed E-state index contributed by atoms with van der Waals surface area (Å²) in [7, 11) is 2.58. The third-order valence-electron chi connectivity index (χ3n) is 3.99. The Kier molecular flexibility index (Phi) is 3.31. The molecule has 6 nitrogen and oxygen atoms in total. The van der Waals surface area contributed by atoms with Crippen molar-refractivity contribution in [1.29, 1.82) is 0 Å². The van der Waals surface area contributed by atoms with E-state index >= 15 is 0 Å². The molecule has 0 unspecified atom stereocenters. The monoisotopic (exact) mass is 340 g/mol. The van der Waals surface area contributed by atoms with Gasteiger partial charge in [0.1, 0.15) is 0 Å². The van der Waals surface area contributed by atoms with E-state index in [1.807, 2.05) is 60.7 Å². The van der Waals surface area contributed by atoms with Crippen molar-refractivity contribution in [2.75, 3.05) is 22.7 Å². The average molecular weight is 340 g/mol. The van der Waals surface area contributed by atoms with Gasteiger partial charge < -0.3 is 0 Å². The minimum Gasteiger partial charge on any atom is -0.274 e. The highest BCUT2D eigenvalue weighted by Crippen LogP contribution is 2.46. The summed E-state index contributed by atoms with van der Waals surface area (Å²) in [5.74, 6) is 0. The number of nitrogens with zero attached hydrogens (tertiary/aromatic N) is 4. The molecule has 0 radical (unpaired) electrons. The quantitative estimate of drug-likeness (QED) is 0.788. The predicted molar refractivity (Wildman–Crippen MR) is 96.8 cm³/mol. The van der Waals surface area contributed by atoms with Gasteiger partial charge in [-0.15, -0.1) is 0 Å². The Hall–Kier alpha value is -2.80. The number of hydrogen-bond donors (Lipinski definition) is 0. The number of carbonyl (C=O) groups excluding carboxylic acids is 2. The largest absolute Gasteiger partial charge is 0.341 e. The van der Waals surface area contributed by atoms with Gasteiger partial charge >= 0.3 is 12.1 Å². The number of benzene rings is 2. The molecule has 0 bridgehead atoms. The summed E-state index contributed by atoms with van der Waals surface area (Å²) in [6.45, 7) is 0. The first-order valence-corrected chi connectivity index (χ1v) is 8.62. The molecule has 2 heterocycles. The van der Waals surface area contributed by atoms with Gasteiger partial charge in [-0.05, 0) is 24.3 Å². The standard InChI is InChI=1S/C17H16N4O2S/c1-18-15(22)20(13-9-5-3-6-10-13)24-17(18)19(2)16(23)21(24)14-11-7-4-8-12-14/h3-12H,1-2H3. The zero-order valence-electron chi connectivity index (χ0n) is 13.3. The van der Waals surface area contributed by atoms with E-state index in [0.29, 0.717) is 5.11 Å². The lowest BCUT2D eigenvalue weighted by molar-refractivity contribution is 0.228. The Morgan fingerprint density at radius 3 is 1.42 bits per heavy atom. The molecule has 7 heteroatoms. The molecule has 2 aliphatic rings. The van der Waals surface area contributed by atoms with Gasteiger partial charge in [0.15, 0.2) is 5.11 Å².